The lowest BCUT2D eigenvalue weighted by atomic mass is 9.98. The van der Waals surface area contributed by atoms with Gasteiger partial charge in [0.25, 0.3) is 0 Å². The number of rotatable bonds is 4. The van der Waals surface area contributed by atoms with Gasteiger partial charge in [0.2, 0.25) is 0 Å². The van der Waals surface area contributed by atoms with Crippen molar-refractivity contribution in [2.75, 3.05) is 19.6 Å². The van der Waals surface area contributed by atoms with Crippen LogP contribution in [-0.2, 0) is 13.1 Å². The monoisotopic (exact) mass is 236 g/mol. The summed E-state index contributed by atoms with van der Waals surface area (Å²) in [5.41, 5.74) is 8.30. The Kier molecular flexibility index (Phi) is 4.18. The van der Waals surface area contributed by atoms with Crippen molar-refractivity contribution in [1.29, 1.82) is 0 Å². The molecule has 0 spiro atoms. The van der Waals surface area contributed by atoms with Crippen molar-refractivity contribution < 1.29 is 0 Å². The first kappa shape index (κ1) is 12.6. The number of piperidine rings is 1. The normalized spacial score (nSPS) is 21.9. The molecule has 1 aromatic rings. The highest BCUT2D eigenvalue weighted by molar-refractivity contribution is 5.15. The van der Waals surface area contributed by atoms with E-state index in [1.807, 2.05) is 4.68 Å². The van der Waals surface area contributed by atoms with E-state index in [9.17, 15) is 0 Å². The maximum absolute atomic E-state index is 5.77. The lowest BCUT2D eigenvalue weighted by Crippen LogP contribution is -2.37. The van der Waals surface area contributed by atoms with E-state index in [0.29, 0.717) is 5.92 Å². The van der Waals surface area contributed by atoms with Gasteiger partial charge in [-0.15, -0.1) is 0 Å². The van der Waals surface area contributed by atoms with Gasteiger partial charge < -0.3 is 5.73 Å². The van der Waals surface area contributed by atoms with Crippen molar-refractivity contribution in [2.24, 2.45) is 11.7 Å². The summed E-state index contributed by atoms with van der Waals surface area (Å²) in [6.45, 7) is 9.38. The van der Waals surface area contributed by atoms with Gasteiger partial charge >= 0.3 is 0 Å². The fourth-order valence-corrected chi connectivity index (χ4v) is 2.60. The molecule has 1 aromatic heterocycles. The Hall–Kier alpha value is -0.870. The molecule has 17 heavy (non-hydrogen) atoms. The van der Waals surface area contributed by atoms with Gasteiger partial charge in [-0.25, -0.2) is 0 Å². The zero-order valence-corrected chi connectivity index (χ0v) is 11.0. The maximum atomic E-state index is 5.77. The largest absolute Gasteiger partial charge is 0.330 e. The third kappa shape index (κ3) is 3.07. The Morgan fingerprint density at radius 2 is 2.35 bits per heavy atom. The van der Waals surface area contributed by atoms with Gasteiger partial charge in [0.1, 0.15) is 0 Å². The fourth-order valence-electron chi connectivity index (χ4n) is 2.60. The maximum Gasteiger partial charge on any atom is 0.0638 e. The highest BCUT2D eigenvalue weighted by Gasteiger charge is 2.19. The van der Waals surface area contributed by atoms with Crippen molar-refractivity contribution >= 4 is 0 Å². The number of aryl methyl sites for hydroxylation is 2. The number of hydrogen-bond acceptors (Lipinski definition) is 3. The van der Waals surface area contributed by atoms with E-state index < -0.39 is 0 Å². The molecule has 1 unspecified atom stereocenters. The van der Waals surface area contributed by atoms with Crippen molar-refractivity contribution in [3.63, 3.8) is 0 Å². The van der Waals surface area contributed by atoms with Crippen LogP contribution in [0.3, 0.4) is 0 Å². The van der Waals surface area contributed by atoms with E-state index in [0.717, 1.165) is 26.2 Å². The van der Waals surface area contributed by atoms with Gasteiger partial charge in [0, 0.05) is 31.4 Å². The Morgan fingerprint density at radius 1 is 1.53 bits per heavy atom. The third-order valence-corrected chi connectivity index (χ3v) is 3.70. The molecule has 0 saturated carbocycles. The summed E-state index contributed by atoms with van der Waals surface area (Å²) >= 11 is 0. The molecule has 1 fully saturated rings. The summed E-state index contributed by atoms with van der Waals surface area (Å²) in [6, 6.07) is 0. The second kappa shape index (κ2) is 5.65. The van der Waals surface area contributed by atoms with Crippen molar-refractivity contribution in [1.82, 2.24) is 14.7 Å². The predicted molar refractivity (Wildman–Crippen MR) is 69.7 cm³/mol. The second-order valence-corrected chi connectivity index (χ2v) is 5.07. The summed E-state index contributed by atoms with van der Waals surface area (Å²) < 4.78 is 2.02. The molecule has 1 aliphatic rings. The van der Waals surface area contributed by atoms with Crippen molar-refractivity contribution in [2.45, 2.75) is 39.8 Å². The molecule has 4 nitrogen and oxygen atoms in total. The van der Waals surface area contributed by atoms with E-state index in [1.165, 1.54) is 30.6 Å². The number of hydrogen-bond donors (Lipinski definition) is 1. The molecular formula is C13H24N4. The van der Waals surface area contributed by atoms with Gasteiger partial charge in [0.15, 0.2) is 0 Å². The standard InChI is InChI=1S/C13H24N4/c1-3-17-10-13(11(2)15-17)9-16-6-4-5-12(7-14)8-16/h10,12H,3-9,14H2,1-2H3. The van der Waals surface area contributed by atoms with Crippen LogP contribution in [-0.4, -0.2) is 34.3 Å². The summed E-state index contributed by atoms with van der Waals surface area (Å²) in [6.07, 6.45) is 4.75. The lowest BCUT2D eigenvalue weighted by molar-refractivity contribution is 0.171. The quantitative estimate of drug-likeness (QED) is 0.859. The van der Waals surface area contributed by atoms with Crippen molar-refractivity contribution in [3.8, 4) is 0 Å². The third-order valence-electron chi connectivity index (χ3n) is 3.70. The fraction of sp³-hybridized carbons (Fsp3) is 0.769. The molecule has 2 heterocycles. The summed E-state index contributed by atoms with van der Waals surface area (Å²) in [5, 5.41) is 4.50. The molecule has 96 valence electrons. The van der Waals surface area contributed by atoms with Crippen LogP contribution in [0.4, 0.5) is 0 Å². The van der Waals surface area contributed by atoms with E-state index in [-0.39, 0.29) is 0 Å². The molecule has 0 aromatic carbocycles. The molecule has 1 aliphatic heterocycles. The zero-order valence-electron chi connectivity index (χ0n) is 11.0. The van der Waals surface area contributed by atoms with Crippen LogP contribution in [0.1, 0.15) is 31.0 Å². The summed E-state index contributed by atoms with van der Waals surface area (Å²) in [5.74, 6) is 0.685. The highest BCUT2D eigenvalue weighted by Crippen LogP contribution is 2.18. The highest BCUT2D eigenvalue weighted by atomic mass is 15.3. The van der Waals surface area contributed by atoms with Crippen LogP contribution in [0, 0.1) is 12.8 Å². The SMILES string of the molecule is CCn1cc(CN2CCCC(CN)C2)c(C)n1. The molecule has 0 bridgehead atoms. The average Bonchev–Trinajstić information content (AvgIpc) is 2.70. The van der Waals surface area contributed by atoms with Crippen LogP contribution in [0.15, 0.2) is 6.20 Å². The Bertz CT molecular complexity index is 358. The number of likely N-dealkylation sites (tertiary alicyclic amines) is 1. The molecule has 2 rings (SSSR count). The molecule has 0 aliphatic carbocycles. The lowest BCUT2D eigenvalue weighted by Gasteiger charge is -2.31. The number of nitrogens with zero attached hydrogens (tertiary/aromatic N) is 3. The number of aromatic nitrogens is 2. The van der Waals surface area contributed by atoms with Crippen LogP contribution < -0.4 is 5.73 Å². The Morgan fingerprint density at radius 3 is 3.00 bits per heavy atom. The van der Waals surface area contributed by atoms with Gasteiger partial charge in [-0.05, 0) is 45.7 Å². The smallest absolute Gasteiger partial charge is 0.0638 e. The minimum Gasteiger partial charge on any atom is -0.330 e. The minimum atomic E-state index is 0.685. The minimum absolute atomic E-state index is 0.685. The zero-order chi connectivity index (χ0) is 12.3. The Labute approximate surface area is 104 Å². The van der Waals surface area contributed by atoms with Crippen LogP contribution >= 0.6 is 0 Å². The first-order chi connectivity index (χ1) is 8.22. The first-order valence-electron chi connectivity index (χ1n) is 6.68. The van der Waals surface area contributed by atoms with Crippen molar-refractivity contribution in [3.05, 3.63) is 17.5 Å². The molecule has 1 saturated heterocycles. The van der Waals surface area contributed by atoms with Gasteiger partial charge in [-0.1, -0.05) is 0 Å². The van der Waals surface area contributed by atoms with Gasteiger partial charge in [-0.3, -0.25) is 9.58 Å². The molecule has 2 N–H and O–H groups in total. The van der Waals surface area contributed by atoms with E-state index in [2.05, 4.69) is 30.0 Å². The average molecular weight is 236 g/mol. The molecule has 4 heteroatoms. The summed E-state index contributed by atoms with van der Waals surface area (Å²) in [4.78, 5) is 2.52. The van der Waals surface area contributed by atoms with Crippen LogP contribution in [0.25, 0.3) is 0 Å². The first-order valence-corrected chi connectivity index (χ1v) is 6.68. The van der Waals surface area contributed by atoms with Crippen LogP contribution in [0.5, 0.6) is 0 Å². The Balaban J connectivity index is 1.97. The van der Waals surface area contributed by atoms with E-state index in [1.54, 1.807) is 0 Å². The molecule has 0 amide bonds. The van der Waals surface area contributed by atoms with E-state index in [4.69, 9.17) is 5.73 Å². The molecular weight excluding hydrogens is 212 g/mol. The summed E-state index contributed by atoms with van der Waals surface area (Å²) in [7, 11) is 0. The topological polar surface area (TPSA) is 47.1 Å². The molecule has 1 atom stereocenters. The predicted octanol–water partition coefficient (Wildman–Crippen LogP) is 1.38. The van der Waals surface area contributed by atoms with Gasteiger partial charge in [-0.2, -0.15) is 5.10 Å². The van der Waals surface area contributed by atoms with E-state index >= 15 is 0 Å². The number of nitrogens with two attached hydrogens (primary N) is 1. The second-order valence-electron chi connectivity index (χ2n) is 5.07. The molecule has 0 radical (unpaired) electrons. The van der Waals surface area contributed by atoms with Gasteiger partial charge in [0.05, 0.1) is 5.69 Å². The van der Waals surface area contributed by atoms with Crippen LogP contribution in [0.2, 0.25) is 0 Å².